The Bertz CT molecular complexity index is 1160. The van der Waals surface area contributed by atoms with Crippen LogP contribution in [-0.2, 0) is 24.8 Å². The van der Waals surface area contributed by atoms with Gasteiger partial charge in [0.25, 0.3) is 0 Å². The number of aliphatic hydroxyl groups is 1. The van der Waals surface area contributed by atoms with Crippen molar-refractivity contribution in [2.24, 2.45) is 5.92 Å². The first-order valence-electron chi connectivity index (χ1n) is 10.5. The number of likely N-dealkylation sites (N-methyl/N-ethyl adjacent to an activating group) is 1. The molecule has 1 N–H and O–H groups in total. The summed E-state index contributed by atoms with van der Waals surface area (Å²) >= 11 is 5.97. The second kappa shape index (κ2) is 11.9. The van der Waals surface area contributed by atoms with Crippen molar-refractivity contribution in [2.45, 2.75) is 35.8 Å². The molecule has 190 valence electrons. The molecule has 8 nitrogen and oxygen atoms in total. The van der Waals surface area contributed by atoms with Gasteiger partial charge in [-0.2, -0.15) is 8.61 Å². The van der Waals surface area contributed by atoms with E-state index in [1.807, 2.05) is 0 Å². The number of aliphatic hydroxyl groups excluding tert-OH is 1. The van der Waals surface area contributed by atoms with Gasteiger partial charge in [0.05, 0.1) is 22.5 Å². The number of halogens is 2. The Hall–Kier alpha value is -1.60. The number of ether oxygens (including phenoxy) is 1. The van der Waals surface area contributed by atoms with Gasteiger partial charge in [-0.1, -0.05) is 24.6 Å². The van der Waals surface area contributed by atoms with Crippen LogP contribution in [0.4, 0.5) is 4.39 Å². The highest BCUT2D eigenvalue weighted by Crippen LogP contribution is 2.24. The number of hydrogen-bond donors (Lipinski definition) is 1. The van der Waals surface area contributed by atoms with E-state index < -0.39 is 50.5 Å². The smallest absolute Gasteiger partial charge is 0.243 e. The van der Waals surface area contributed by atoms with Gasteiger partial charge in [0.2, 0.25) is 20.0 Å². The van der Waals surface area contributed by atoms with E-state index in [9.17, 15) is 26.3 Å². The van der Waals surface area contributed by atoms with Gasteiger partial charge in [-0.3, -0.25) is 0 Å². The lowest BCUT2D eigenvalue weighted by atomic mass is 10.0. The first-order chi connectivity index (χ1) is 15.8. The zero-order chi connectivity index (χ0) is 25.7. The van der Waals surface area contributed by atoms with Gasteiger partial charge in [0.1, 0.15) is 5.82 Å². The Labute approximate surface area is 206 Å². The standard InChI is InChI=1S/C22H30ClFN2O6S2/c1-16(13-26(17(2)15-27)34(30,31)21-7-5-6-18(23)12-21)22(32-4)14-25(3)33(28,29)20-10-8-19(24)9-11-20/h5-12,16-17,22,27H,13-15H2,1-4H3/t16-,17-,22-/m1/s1. The highest BCUT2D eigenvalue weighted by atomic mass is 35.5. The van der Waals surface area contributed by atoms with E-state index in [1.54, 1.807) is 19.9 Å². The summed E-state index contributed by atoms with van der Waals surface area (Å²) < 4.78 is 73.3. The summed E-state index contributed by atoms with van der Waals surface area (Å²) in [5, 5.41) is 9.96. The van der Waals surface area contributed by atoms with Gasteiger partial charge < -0.3 is 9.84 Å². The minimum Gasteiger partial charge on any atom is -0.395 e. The normalized spacial score (nSPS) is 15.4. The summed E-state index contributed by atoms with van der Waals surface area (Å²) in [5.74, 6) is -1.01. The third-order valence-electron chi connectivity index (χ3n) is 5.52. The molecule has 12 heteroatoms. The number of rotatable bonds is 12. The molecule has 0 fully saturated rings. The van der Waals surface area contributed by atoms with E-state index in [1.165, 1.54) is 44.5 Å². The summed E-state index contributed by atoms with van der Waals surface area (Å²) in [4.78, 5) is -0.0876. The lowest BCUT2D eigenvalue weighted by molar-refractivity contribution is 0.0360. The number of benzene rings is 2. The minimum atomic E-state index is -4.01. The van der Waals surface area contributed by atoms with E-state index in [0.29, 0.717) is 0 Å². The molecule has 0 radical (unpaired) electrons. The van der Waals surface area contributed by atoms with E-state index in [-0.39, 0.29) is 27.9 Å². The maximum absolute atomic E-state index is 13.3. The van der Waals surface area contributed by atoms with Crippen molar-refractivity contribution in [3.8, 4) is 0 Å². The van der Waals surface area contributed by atoms with Crippen molar-refractivity contribution in [3.63, 3.8) is 0 Å². The van der Waals surface area contributed by atoms with Crippen LogP contribution in [-0.4, -0.2) is 76.6 Å². The third-order valence-corrected chi connectivity index (χ3v) is 9.57. The van der Waals surface area contributed by atoms with Crippen molar-refractivity contribution >= 4 is 31.6 Å². The van der Waals surface area contributed by atoms with Crippen molar-refractivity contribution in [1.82, 2.24) is 8.61 Å². The second-order valence-electron chi connectivity index (χ2n) is 8.05. The molecule has 3 atom stereocenters. The molecule has 0 heterocycles. The predicted molar refractivity (Wildman–Crippen MR) is 128 cm³/mol. The molecule has 0 unspecified atom stereocenters. The maximum Gasteiger partial charge on any atom is 0.243 e. The Balaban J connectivity index is 2.26. The van der Waals surface area contributed by atoms with E-state index in [2.05, 4.69) is 0 Å². The zero-order valence-electron chi connectivity index (χ0n) is 19.4. The van der Waals surface area contributed by atoms with Gasteiger partial charge in [0.15, 0.2) is 0 Å². The van der Waals surface area contributed by atoms with Crippen LogP contribution in [0.2, 0.25) is 5.02 Å². The molecule has 2 aromatic carbocycles. The number of nitrogens with zero attached hydrogens (tertiary/aromatic N) is 2. The van der Waals surface area contributed by atoms with Crippen molar-refractivity contribution < 1.29 is 31.1 Å². The molecule has 0 aliphatic heterocycles. The van der Waals surface area contributed by atoms with Crippen molar-refractivity contribution in [3.05, 3.63) is 59.4 Å². The van der Waals surface area contributed by atoms with Crippen LogP contribution in [0.15, 0.2) is 58.3 Å². The number of methoxy groups -OCH3 is 1. The summed E-state index contributed by atoms with van der Waals surface area (Å²) in [7, 11) is -5.15. The maximum atomic E-state index is 13.3. The largest absolute Gasteiger partial charge is 0.395 e. The monoisotopic (exact) mass is 536 g/mol. The van der Waals surface area contributed by atoms with Gasteiger partial charge >= 0.3 is 0 Å². The second-order valence-corrected chi connectivity index (χ2v) is 12.4. The average Bonchev–Trinajstić information content (AvgIpc) is 2.80. The van der Waals surface area contributed by atoms with E-state index >= 15 is 0 Å². The quantitative estimate of drug-likeness (QED) is 0.447. The molecule has 0 spiro atoms. The molecule has 34 heavy (non-hydrogen) atoms. The molecule has 0 amide bonds. The highest BCUT2D eigenvalue weighted by molar-refractivity contribution is 7.89. The fourth-order valence-electron chi connectivity index (χ4n) is 3.40. The van der Waals surface area contributed by atoms with Crippen LogP contribution in [0.3, 0.4) is 0 Å². The Kier molecular flexibility index (Phi) is 10.0. The number of hydrogen-bond acceptors (Lipinski definition) is 6. The molecule has 0 bridgehead atoms. The Morgan fingerprint density at radius 3 is 2.15 bits per heavy atom. The summed E-state index contributed by atoms with van der Waals surface area (Å²) in [5.41, 5.74) is 0. The van der Waals surface area contributed by atoms with Crippen LogP contribution >= 0.6 is 11.6 Å². The van der Waals surface area contributed by atoms with Gasteiger partial charge in [-0.15, -0.1) is 0 Å². The topological polar surface area (TPSA) is 104 Å². The molecule has 0 aliphatic carbocycles. The molecule has 2 aromatic rings. The molecule has 2 rings (SSSR count). The van der Waals surface area contributed by atoms with E-state index in [4.69, 9.17) is 16.3 Å². The lowest BCUT2D eigenvalue weighted by Gasteiger charge is -2.33. The third kappa shape index (κ3) is 6.75. The first kappa shape index (κ1) is 28.6. The predicted octanol–water partition coefficient (Wildman–Crippen LogP) is 2.82. The van der Waals surface area contributed by atoms with Crippen LogP contribution in [0.1, 0.15) is 13.8 Å². The van der Waals surface area contributed by atoms with Crippen LogP contribution in [0.5, 0.6) is 0 Å². The van der Waals surface area contributed by atoms with Crippen LogP contribution < -0.4 is 0 Å². The highest BCUT2D eigenvalue weighted by Gasteiger charge is 2.34. The number of sulfonamides is 2. The van der Waals surface area contributed by atoms with Gasteiger partial charge in [0, 0.05) is 38.3 Å². The van der Waals surface area contributed by atoms with Crippen LogP contribution in [0.25, 0.3) is 0 Å². The van der Waals surface area contributed by atoms with Crippen molar-refractivity contribution in [2.75, 3.05) is 33.9 Å². The molecule has 0 saturated carbocycles. The van der Waals surface area contributed by atoms with E-state index in [0.717, 1.165) is 20.7 Å². The molecule has 0 saturated heterocycles. The SMILES string of the molecule is CO[C@H](CN(C)S(=O)(=O)c1ccc(F)cc1)[C@H](C)CN([C@H](C)CO)S(=O)(=O)c1cccc(Cl)c1. The van der Waals surface area contributed by atoms with Crippen LogP contribution in [0, 0.1) is 11.7 Å². The minimum absolute atomic E-state index is 0.0162. The zero-order valence-corrected chi connectivity index (χ0v) is 21.8. The Morgan fingerprint density at radius 1 is 1.00 bits per heavy atom. The molecular weight excluding hydrogens is 507 g/mol. The molecule has 0 aliphatic rings. The Morgan fingerprint density at radius 2 is 1.62 bits per heavy atom. The average molecular weight is 537 g/mol. The van der Waals surface area contributed by atoms with Crippen molar-refractivity contribution in [1.29, 1.82) is 0 Å². The van der Waals surface area contributed by atoms with Gasteiger partial charge in [-0.25, -0.2) is 21.2 Å². The lowest BCUT2D eigenvalue weighted by Crippen LogP contribution is -2.47. The summed E-state index contributed by atoms with van der Waals surface area (Å²) in [6.45, 7) is 2.78. The molecule has 0 aromatic heterocycles. The first-order valence-corrected chi connectivity index (χ1v) is 13.7. The summed E-state index contributed by atoms with van der Waals surface area (Å²) in [6.07, 6.45) is -0.678. The fourth-order valence-corrected chi connectivity index (χ4v) is 6.60. The fraction of sp³-hybridized carbons (Fsp3) is 0.455. The summed E-state index contributed by atoms with van der Waals surface area (Å²) in [6, 6.07) is 9.55. The molecular formula is C22H30ClFN2O6S2. The van der Waals surface area contributed by atoms with Gasteiger partial charge in [-0.05, 0) is 55.3 Å².